The number of rotatable bonds is 6. The molecule has 3 heterocycles. The molecule has 1 aromatic carbocycles. The Hall–Kier alpha value is -3.73. The number of Topliss-reactive ketones (excluding diaryl/α,β-unsaturated/α-hetero) is 1. The maximum absolute atomic E-state index is 14.4. The lowest BCUT2D eigenvalue weighted by molar-refractivity contribution is -0.169. The standard InChI is InChI=1S/C24H21BrF4N6O5S/c1-12(36)21-15-9-14(41(2,40)33-23(39)24(27,28)29)6-7-16(15)35(32-21)11-20(37)34-10-13(26)8-17(34)22(38)31-19-5-3-4-18(25)30-19/h3-7,9,13,17H,8,10-11H2,1-2H3,(H,30,31,38)/t13-,17+,41?/m1/s1. The van der Waals surface area contributed by atoms with Gasteiger partial charge in [0.15, 0.2) is 5.78 Å². The molecular formula is C24H21BrF4N6O5S. The number of nitrogens with one attached hydrogen (secondary N) is 1. The second-order valence-corrected chi connectivity index (χ2v) is 12.2. The van der Waals surface area contributed by atoms with Crippen LogP contribution in [0.4, 0.5) is 23.4 Å². The Kier molecular flexibility index (Phi) is 8.31. The van der Waals surface area contributed by atoms with Crippen LogP contribution in [0.3, 0.4) is 0 Å². The number of pyridine rings is 1. The molecule has 0 radical (unpaired) electrons. The minimum absolute atomic E-state index is 0.0480. The van der Waals surface area contributed by atoms with Crippen LogP contribution in [0.1, 0.15) is 23.8 Å². The monoisotopic (exact) mass is 660 g/mol. The van der Waals surface area contributed by atoms with Crippen LogP contribution in [0.2, 0.25) is 0 Å². The van der Waals surface area contributed by atoms with Gasteiger partial charge in [-0.2, -0.15) is 18.3 Å². The van der Waals surface area contributed by atoms with Crippen molar-refractivity contribution in [2.45, 2.75) is 43.2 Å². The van der Waals surface area contributed by atoms with E-state index in [1.54, 1.807) is 12.1 Å². The maximum atomic E-state index is 14.4. The molecule has 41 heavy (non-hydrogen) atoms. The number of halogens is 5. The van der Waals surface area contributed by atoms with E-state index >= 15 is 0 Å². The first-order chi connectivity index (χ1) is 19.1. The van der Waals surface area contributed by atoms with Crippen LogP contribution >= 0.6 is 15.9 Å². The molecule has 0 saturated carbocycles. The molecule has 1 unspecified atom stereocenters. The minimum atomic E-state index is -5.32. The number of benzene rings is 1. The molecule has 1 aliphatic heterocycles. The molecule has 0 aliphatic carbocycles. The fourth-order valence-corrected chi connectivity index (χ4v) is 5.78. The Balaban J connectivity index is 1.63. The summed E-state index contributed by atoms with van der Waals surface area (Å²) in [6, 6.07) is 7.15. The van der Waals surface area contributed by atoms with E-state index in [-0.39, 0.29) is 40.3 Å². The third kappa shape index (κ3) is 6.61. The minimum Gasteiger partial charge on any atom is -0.326 e. The van der Waals surface area contributed by atoms with Crippen molar-refractivity contribution in [1.82, 2.24) is 19.7 Å². The van der Waals surface area contributed by atoms with Gasteiger partial charge in [0.05, 0.1) is 21.8 Å². The molecule has 4 rings (SSSR count). The second kappa shape index (κ2) is 11.3. The zero-order valence-electron chi connectivity index (χ0n) is 21.3. The lowest BCUT2D eigenvalue weighted by Gasteiger charge is -2.23. The molecule has 3 atom stereocenters. The smallest absolute Gasteiger partial charge is 0.326 e. The Morgan fingerprint density at radius 2 is 1.90 bits per heavy atom. The van der Waals surface area contributed by atoms with Crippen LogP contribution in [0.25, 0.3) is 10.9 Å². The van der Waals surface area contributed by atoms with Gasteiger partial charge in [-0.3, -0.25) is 23.9 Å². The average Bonchev–Trinajstić information content (AvgIpc) is 3.44. The van der Waals surface area contributed by atoms with Crippen LogP contribution in [0.5, 0.6) is 0 Å². The van der Waals surface area contributed by atoms with Crippen molar-refractivity contribution < 1.29 is 40.9 Å². The first-order valence-electron chi connectivity index (χ1n) is 11.8. The molecule has 1 aliphatic rings. The number of carbonyl (C=O) groups is 4. The number of alkyl halides is 4. The van der Waals surface area contributed by atoms with Crippen LogP contribution in [0.15, 0.2) is 50.3 Å². The van der Waals surface area contributed by atoms with Gasteiger partial charge in [0, 0.05) is 29.9 Å². The van der Waals surface area contributed by atoms with E-state index < -0.39 is 58.2 Å². The topological polar surface area (TPSA) is 144 Å². The molecule has 2 aromatic heterocycles. The van der Waals surface area contributed by atoms with Crippen LogP contribution in [-0.4, -0.2) is 78.6 Å². The number of likely N-dealkylation sites (tertiary alicyclic amines) is 1. The molecule has 17 heteroatoms. The molecule has 1 fully saturated rings. The first kappa shape index (κ1) is 30.2. The van der Waals surface area contributed by atoms with Gasteiger partial charge in [0.2, 0.25) is 11.8 Å². The van der Waals surface area contributed by atoms with Gasteiger partial charge in [0.25, 0.3) is 0 Å². The largest absolute Gasteiger partial charge is 0.474 e. The molecule has 1 N–H and O–H groups in total. The maximum Gasteiger partial charge on any atom is 0.474 e. The Bertz CT molecular complexity index is 1700. The number of amides is 3. The van der Waals surface area contributed by atoms with E-state index in [4.69, 9.17) is 0 Å². The Labute approximate surface area is 238 Å². The molecule has 218 valence electrons. The van der Waals surface area contributed by atoms with Gasteiger partial charge in [0.1, 0.15) is 34.9 Å². The van der Waals surface area contributed by atoms with Gasteiger partial charge < -0.3 is 10.2 Å². The van der Waals surface area contributed by atoms with Crippen molar-refractivity contribution in [3.63, 3.8) is 0 Å². The number of fused-ring (bicyclic) bond motifs is 1. The lowest BCUT2D eigenvalue weighted by atomic mass is 10.1. The van der Waals surface area contributed by atoms with Crippen molar-refractivity contribution in [2.24, 2.45) is 4.36 Å². The fraction of sp³-hybridized carbons (Fsp3) is 0.333. The molecule has 0 spiro atoms. The highest BCUT2D eigenvalue weighted by molar-refractivity contribution is 9.10. The first-order valence-corrected chi connectivity index (χ1v) is 14.5. The number of nitrogens with zero attached hydrogens (tertiary/aromatic N) is 5. The number of carbonyl (C=O) groups excluding carboxylic acids is 4. The lowest BCUT2D eigenvalue weighted by Crippen LogP contribution is -2.44. The van der Waals surface area contributed by atoms with E-state index in [0.717, 1.165) is 34.9 Å². The highest BCUT2D eigenvalue weighted by atomic mass is 79.9. The van der Waals surface area contributed by atoms with E-state index in [1.807, 2.05) is 0 Å². The van der Waals surface area contributed by atoms with E-state index in [0.29, 0.717) is 4.60 Å². The Morgan fingerprint density at radius 1 is 1.20 bits per heavy atom. The predicted octanol–water partition coefficient (Wildman–Crippen LogP) is 3.52. The van der Waals surface area contributed by atoms with Gasteiger partial charge in [-0.1, -0.05) is 6.07 Å². The summed E-state index contributed by atoms with van der Waals surface area (Å²) in [5, 5.41) is 6.73. The molecule has 11 nitrogen and oxygen atoms in total. The van der Waals surface area contributed by atoms with Crippen LogP contribution in [0, 0.1) is 0 Å². The molecular weight excluding hydrogens is 640 g/mol. The fourth-order valence-electron chi connectivity index (χ4n) is 4.25. The Morgan fingerprint density at radius 3 is 2.54 bits per heavy atom. The summed E-state index contributed by atoms with van der Waals surface area (Å²) in [4.78, 5) is 54.6. The van der Waals surface area contributed by atoms with Gasteiger partial charge in [-0.05, 0) is 46.3 Å². The molecule has 0 bridgehead atoms. The van der Waals surface area contributed by atoms with E-state index in [9.17, 15) is 40.9 Å². The number of hydrogen-bond donors (Lipinski definition) is 1. The SMILES string of the molecule is CC(=O)c1nn(CC(=O)N2C[C@H](F)C[C@H]2C(=O)Nc2cccc(Br)n2)c2ccc(S(C)(=O)=NC(=O)C(F)(F)F)cc12. The normalized spacial score (nSPS) is 18.7. The predicted molar refractivity (Wildman–Crippen MR) is 141 cm³/mol. The summed E-state index contributed by atoms with van der Waals surface area (Å²) in [7, 11) is -3.87. The average molecular weight is 661 g/mol. The summed E-state index contributed by atoms with van der Waals surface area (Å²) in [6.45, 7) is 0.275. The summed E-state index contributed by atoms with van der Waals surface area (Å²) < 4.78 is 69.7. The van der Waals surface area contributed by atoms with Gasteiger partial charge in [-0.15, -0.1) is 4.36 Å². The zero-order chi connectivity index (χ0) is 30.3. The summed E-state index contributed by atoms with van der Waals surface area (Å²) in [6.07, 6.45) is -6.21. The third-order valence-electron chi connectivity index (χ3n) is 6.12. The number of anilines is 1. The molecule has 3 amide bonds. The van der Waals surface area contributed by atoms with Crippen molar-refractivity contribution in [3.05, 3.63) is 46.7 Å². The molecule has 3 aromatic rings. The highest BCUT2D eigenvalue weighted by Gasteiger charge is 2.41. The zero-order valence-corrected chi connectivity index (χ0v) is 23.7. The van der Waals surface area contributed by atoms with Gasteiger partial charge in [-0.25, -0.2) is 13.6 Å². The second-order valence-electron chi connectivity index (χ2n) is 9.17. The summed E-state index contributed by atoms with van der Waals surface area (Å²) in [5.41, 5.74) is -0.0215. The highest BCUT2D eigenvalue weighted by Crippen LogP contribution is 2.27. The molecule has 1 saturated heterocycles. The van der Waals surface area contributed by atoms with Crippen LogP contribution in [-0.2, 0) is 30.7 Å². The summed E-state index contributed by atoms with van der Waals surface area (Å²) in [5.74, 6) is -4.26. The van der Waals surface area contributed by atoms with E-state index in [1.165, 1.54) is 12.1 Å². The summed E-state index contributed by atoms with van der Waals surface area (Å²) >= 11 is 3.18. The van der Waals surface area contributed by atoms with Gasteiger partial charge >= 0.3 is 12.1 Å². The van der Waals surface area contributed by atoms with Crippen molar-refractivity contribution >= 4 is 65.9 Å². The van der Waals surface area contributed by atoms with Crippen LogP contribution < -0.4 is 5.32 Å². The van der Waals surface area contributed by atoms with Crippen molar-refractivity contribution in [1.29, 1.82) is 0 Å². The number of ketones is 1. The number of aromatic nitrogens is 3. The van der Waals surface area contributed by atoms with Crippen molar-refractivity contribution in [2.75, 3.05) is 18.1 Å². The quantitative estimate of drug-likeness (QED) is 0.242. The van der Waals surface area contributed by atoms with E-state index in [2.05, 4.69) is 35.7 Å². The number of hydrogen-bond acceptors (Lipinski definition) is 7. The third-order valence-corrected chi connectivity index (χ3v) is 8.20. The van der Waals surface area contributed by atoms with Crippen molar-refractivity contribution in [3.8, 4) is 0 Å².